The Morgan fingerprint density at radius 1 is 1.18 bits per heavy atom. The minimum atomic E-state index is -0.560. The molecule has 0 aliphatic rings. The van der Waals surface area contributed by atoms with Gasteiger partial charge < -0.3 is 19.0 Å². The van der Waals surface area contributed by atoms with E-state index in [1.807, 2.05) is 38.8 Å². The first-order chi connectivity index (χ1) is 10.4. The van der Waals surface area contributed by atoms with E-state index in [0.29, 0.717) is 24.9 Å². The van der Waals surface area contributed by atoms with Gasteiger partial charge in [-0.1, -0.05) is 6.92 Å². The fourth-order valence-corrected chi connectivity index (χ4v) is 2.36. The number of aromatic nitrogens is 2. The van der Waals surface area contributed by atoms with Gasteiger partial charge in [-0.05, 0) is 27.0 Å². The lowest BCUT2D eigenvalue weighted by Gasteiger charge is -2.29. The van der Waals surface area contributed by atoms with Crippen molar-refractivity contribution >= 4 is 0 Å². The maximum atomic E-state index is 9.34. The molecule has 7 heteroatoms. The second-order valence-corrected chi connectivity index (χ2v) is 6.13. The van der Waals surface area contributed by atoms with E-state index in [1.54, 1.807) is 0 Å². The van der Waals surface area contributed by atoms with E-state index in [0.717, 1.165) is 17.1 Å². The molecule has 22 heavy (non-hydrogen) atoms. The molecule has 0 spiro atoms. The molecule has 7 nitrogen and oxygen atoms in total. The summed E-state index contributed by atoms with van der Waals surface area (Å²) in [6.45, 7) is 6.33. The molecule has 0 aliphatic carbocycles. The molecule has 0 amide bonds. The molecule has 0 bridgehead atoms. The lowest BCUT2D eigenvalue weighted by atomic mass is 9.92. The number of rotatable bonds is 7. The van der Waals surface area contributed by atoms with Crippen LogP contribution in [0.5, 0.6) is 0 Å². The lowest BCUT2D eigenvalue weighted by Crippen LogP contribution is -2.38. The molecule has 0 radical (unpaired) electrons. The smallest absolute Gasteiger partial charge is 0.251 e. The number of aliphatic hydroxyl groups excluding tert-OH is 2. The van der Waals surface area contributed by atoms with Crippen LogP contribution in [0.25, 0.3) is 11.5 Å². The standard InChI is InChI=1S/C15H23N3O4/c1-10-5-12(11(2)21-10)14-17-16-13(22-14)6-18(4)7-15(3,8-19)9-20/h5,19-20H,6-9H2,1-4H3. The normalized spacial score (nSPS) is 12.3. The lowest BCUT2D eigenvalue weighted by molar-refractivity contribution is 0.0383. The summed E-state index contributed by atoms with van der Waals surface area (Å²) in [4.78, 5) is 1.93. The van der Waals surface area contributed by atoms with Crippen molar-refractivity contribution in [3.05, 3.63) is 23.5 Å². The van der Waals surface area contributed by atoms with E-state index in [9.17, 15) is 10.2 Å². The van der Waals surface area contributed by atoms with Crippen molar-refractivity contribution in [2.75, 3.05) is 26.8 Å². The van der Waals surface area contributed by atoms with Crippen LogP contribution >= 0.6 is 0 Å². The zero-order valence-corrected chi connectivity index (χ0v) is 13.5. The molecule has 0 unspecified atom stereocenters. The third-order valence-electron chi connectivity index (χ3n) is 3.56. The molecule has 2 N–H and O–H groups in total. The van der Waals surface area contributed by atoms with Gasteiger partial charge in [0.05, 0.1) is 25.3 Å². The molecule has 0 aliphatic heterocycles. The topological polar surface area (TPSA) is 95.8 Å². The largest absolute Gasteiger partial charge is 0.466 e. The second-order valence-electron chi connectivity index (χ2n) is 6.13. The predicted octanol–water partition coefficient (Wildman–Crippen LogP) is 1.37. The molecule has 0 fully saturated rings. The Morgan fingerprint density at radius 2 is 1.86 bits per heavy atom. The zero-order chi connectivity index (χ0) is 16.3. The average Bonchev–Trinajstić information content (AvgIpc) is 3.04. The van der Waals surface area contributed by atoms with E-state index in [-0.39, 0.29) is 13.2 Å². The van der Waals surface area contributed by atoms with Gasteiger partial charge in [-0.15, -0.1) is 10.2 Å². The SMILES string of the molecule is Cc1cc(-c2nnc(CN(C)CC(C)(CO)CO)o2)c(C)o1. The summed E-state index contributed by atoms with van der Waals surface area (Å²) in [6.07, 6.45) is 0. The van der Waals surface area contributed by atoms with Gasteiger partial charge in [-0.25, -0.2) is 0 Å². The Morgan fingerprint density at radius 3 is 2.41 bits per heavy atom. The van der Waals surface area contributed by atoms with Gasteiger partial charge in [-0.3, -0.25) is 4.90 Å². The fourth-order valence-electron chi connectivity index (χ4n) is 2.36. The maximum absolute atomic E-state index is 9.34. The quantitative estimate of drug-likeness (QED) is 0.797. The Bertz CT molecular complexity index is 616. The minimum Gasteiger partial charge on any atom is -0.466 e. The highest BCUT2D eigenvalue weighted by Crippen LogP contribution is 2.25. The summed E-state index contributed by atoms with van der Waals surface area (Å²) in [7, 11) is 1.88. The third kappa shape index (κ3) is 3.73. The van der Waals surface area contributed by atoms with E-state index < -0.39 is 5.41 Å². The van der Waals surface area contributed by atoms with Crippen LogP contribution in [0.4, 0.5) is 0 Å². The molecule has 0 aromatic carbocycles. The predicted molar refractivity (Wildman–Crippen MR) is 80.1 cm³/mol. The third-order valence-corrected chi connectivity index (χ3v) is 3.56. The van der Waals surface area contributed by atoms with Crippen molar-refractivity contribution in [3.63, 3.8) is 0 Å². The van der Waals surface area contributed by atoms with Crippen molar-refractivity contribution in [1.29, 1.82) is 0 Å². The second kappa shape index (κ2) is 6.60. The molecule has 2 aromatic rings. The molecule has 0 saturated carbocycles. The highest BCUT2D eigenvalue weighted by molar-refractivity contribution is 5.55. The van der Waals surface area contributed by atoms with Crippen molar-refractivity contribution in [1.82, 2.24) is 15.1 Å². The Kier molecular flexibility index (Phi) is 5.00. The number of aliphatic hydroxyl groups is 2. The molecule has 2 heterocycles. The van der Waals surface area contributed by atoms with Gasteiger partial charge in [0, 0.05) is 12.0 Å². The Balaban J connectivity index is 2.05. The number of nitrogens with zero attached hydrogens (tertiary/aromatic N) is 3. The van der Waals surface area contributed by atoms with Crippen molar-refractivity contribution in [3.8, 4) is 11.5 Å². The van der Waals surface area contributed by atoms with Crippen LogP contribution in [0, 0.1) is 19.3 Å². The molecule has 0 saturated heterocycles. The van der Waals surface area contributed by atoms with E-state index >= 15 is 0 Å². The number of hydrogen-bond acceptors (Lipinski definition) is 7. The first kappa shape index (κ1) is 16.7. The number of furan rings is 1. The summed E-state index contributed by atoms with van der Waals surface area (Å²) >= 11 is 0. The highest BCUT2D eigenvalue weighted by atomic mass is 16.4. The van der Waals surface area contributed by atoms with E-state index in [2.05, 4.69) is 10.2 Å². The minimum absolute atomic E-state index is 0.0869. The maximum Gasteiger partial charge on any atom is 0.251 e. The van der Waals surface area contributed by atoms with Gasteiger partial charge in [0.25, 0.3) is 5.89 Å². The van der Waals surface area contributed by atoms with Gasteiger partial charge in [0.1, 0.15) is 11.5 Å². The first-order valence-electron chi connectivity index (χ1n) is 7.17. The zero-order valence-electron chi connectivity index (χ0n) is 13.5. The van der Waals surface area contributed by atoms with Gasteiger partial charge in [0.15, 0.2) is 0 Å². The van der Waals surface area contributed by atoms with Crippen molar-refractivity contribution in [2.45, 2.75) is 27.3 Å². The van der Waals surface area contributed by atoms with Crippen molar-refractivity contribution in [2.24, 2.45) is 5.41 Å². The van der Waals surface area contributed by atoms with Crippen LogP contribution in [-0.2, 0) is 6.54 Å². The monoisotopic (exact) mass is 309 g/mol. The van der Waals surface area contributed by atoms with Crippen molar-refractivity contribution < 1.29 is 19.0 Å². The highest BCUT2D eigenvalue weighted by Gasteiger charge is 2.25. The van der Waals surface area contributed by atoms with Crippen LogP contribution in [0.3, 0.4) is 0 Å². The summed E-state index contributed by atoms with van der Waals surface area (Å²) < 4.78 is 11.1. The first-order valence-corrected chi connectivity index (χ1v) is 7.17. The molecule has 2 rings (SSSR count). The van der Waals surface area contributed by atoms with E-state index in [4.69, 9.17) is 8.83 Å². The summed E-state index contributed by atoms with van der Waals surface area (Å²) in [6, 6.07) is 1.87. The molecule has 2 aromatic heterocycles. The van der Waals surface area contributed by atoms with Crippen LogP contribution in [0.2, 0.25) is 0 Å². The molecular weight excluding hydrogens is 286 g/mol. The van der Waals surface area contributed by atoms with Crippen LogP contribution in [0.15, 0.2) is 14.9 Å². The fraction of sp³-hybridized carbons (Fsp3) is 0.600. The number of hydrogen-bond donors (Lipinski definition) is 2. The average molecular weight is 309 g/mol. The van der Waals surface area contributed by atoms with Crippen LogP contribution < -0.4 is 0 Å². The summed E-state index contributed by atoms with van der Waals surface area (Å²) in [5.74, 6) is 2.46. The molecule has 0 atom stereocenters. The summed E-state index contributed by atoms with van der Waals surface area (Å²) in [5.41, 5.74) is 0.241. The van der Waals surface area contributed by atoms with Gasteiger partial charge in [-0.2, -0.15) is 0 Å². The van der Waals surface area contributed by atoms with Gasteiger partial charge >= 0.3 is 0 Å². The van der Waals surface area contributed by atoms with Crippen LogP contribution in [-0.4, -0.2) is 52.1 Å². The number of aryl methyl sites for hydroxylation is 2. The van der Waals surface area contributed by atoms with Gasteiger partial charge in [0.2, 0.25) is 5.89 Å². The van der Waals surface area contributed by atoms with Crippen LogP contribution in [0.1, 0.15) is 24.3 Å². The molecule has 122 valence electrons. The summed E-state index contributed by atoms with van der Waals surface area (Å²) in [5, 5.41) is 26.8. The molecular formula is C15H23N3O4. The Hall–Kier alpha value is -1.70. The Labute approximate surface area is 129 Å². The van der Waals surface area contributed by atoms with E-state index in [1.165, 1.54) is 0 Å².